The monoisotopic (exact) mass is 425 g/mol. The van der Waals surface area contributed by atoms with Gasteiger partial charge in [0.25, 0.3) is 0 Å². The Hall–Kier alpha value is -3.04. The van der Waals surface area contributed by atoms with E-state index in [4.69, 9.17) is 9.47 Å². The highest BCUT2D eigenvalue weighted by Gasteiger charge is 2.49. The number of phenols is 1. The third-order valence-electron chi connectivity index (χ3n) is 6.02. The Morgan fingerprint density at radius 1 is 1.13 bits per heavy atom. The molecule has 5 unspecified atom stereocenters. The van der Waals surface area contributed by atoms with Crippen molar-refractivity contribution in [3.8, 4) is 28.6 Å². The molecule has 0 radical (unpaired) electrons. The van der Waals surface area contributed by atoms with Crippen molar-refractivity contribution in [2.75, 3.05) is 7.11 Å². The highest BCUT2D eigenvalue weighted by Crippen LogP contribution is 2.34. The molecule has 2 aromatic heterocycles. The quantitative estimate of drug-likeness (QED) is 0.649. The fourth-order valence-electron chi connectivity index (χ4n) is 4.45. The molecule has 2 N–H and O–H groups in total. The van der Waals surface area contributed by atoms with Crippen molar-refractivity contribution in [1.29, 1.82) is 0 Å². The maximum Gasteiger partial charge on any atom is 0.233 e. The minimum absolute atomic E-state index is 0.0676. The minimum Gasteiger partial charge on any atom is -0.507 e. The van der Waals surface area contributed by atoms with Crippen LogP contribution in [0.4, 0.5) is 4.39 Å². The number of aromatic hydroxyl groups is 1. The zero-order valence-electron chi connectivity index (χ0n) is 17.3. The number of ether oxygens (including phenoxy) is 2. The fourth-order valence-corrected chi connectivity index (χ4v) is 4.45. The first kappa shape index (κ1) is 19.9. The lowest BCUT2D eigenvalue weighted by atomic mass is 10.00. The van der Waals surface area contributed by atoms with Crippen LogP contribution in [0.25, 0.3) is 16.9 Å². The van der Waals surface area contributed by atoms with E-state index in [-0.39, 0.29) is 29.8 Å². The summed E-state index contributed by atoms with van der Waals surface area (Å²) in [5, 5.41) is 26.4. The number of nitrogens with one attached hydrogen (secondary N) is 1. The predicted octanol–water partition coefficient (Wildman–Crippen LogP) is 2.58. The fraction of sp³-hybridized carbons (Fsp3) is 0.409. The number of aromatic nitrogens is 4. The van der Waals surface area contributed by atoms with Crippen LogP contribution in [0, 0.1) is 6.92 Å². The first-order valence-electron chi connectivity index (χ1n) is 10.3. The Morgan fingerprint density at radius 3 is 2.65 bits per heavy atom. The number of methoxy groups -OCH3 is 1. The molecule has 0 saturated carbocycles. The van der Waals surface area contributed by atoms with Crippen molar-refractivity contribution in [3.63, 3.8) is 0 Å². The molecule has 0 spiro atoms. The van der Waals surface area contributed by atoms with Crippen LogP contribution in [0.1, 0.15) is 18.5 Å². The molecule has 8 nitrogen and oxygen atoms in total. The van der Waals surface area contributed by atoms with E-state index in [0.717, 1.165) is 17.8 Å². The normalized spacial score (nSPS) is 27.4. The Kier molecular flexibility index (Phi) is 5.07. The van der Waals surface area contributed by atoms with Crippen LogP contribution in [0.5, 0.6) is 11.6 Å². The standard InChI is InChI=1S/C22H24FN5O3/c1-12-7-8-28(27-12)14-3-4-15(17(29)11-14)16-5-6-20(26-25-16)31-18-9-13-10-19(30-2)22(24-13)21(18)23/h3-8,11,13,18-19,21-22,24,29H,9-10H2,1-2H3. The molecule has 2 aliphatic rings. The summed E-state index contributed by atoms with van der Waals surface area (Å²) in [7, 11) is 1.61. The van der Waals surface area contributed by atoms with Gasteiger partial charge in [-0.1, -0.05) is 0 Å². The maximum absolute atomic E-state index is 14.9. The first-order valence-corrected chi connectivity index (χ1v) is 10.3. The van der Waals surface area contributed by atoms with Gasteiger partial charge < -0.3 is 19.9 Å². The summed E-state index contributed by atoms with van der Waals surface area (Å²) >= 11 is 0. The van der Waals surface area contributed by atoms with Gasteiger partial charge in [-0.05, 0) is 37.6 Å². The molecule has 2 bridgehead atoms. The second-order valence-electron chi connectivity index (χ2n) is 8.10. The summed E-state index contributed by atoms with van der Waals surface area (Å²) in [5.74, 6) is 0.327. The van der Waals surface area contributed by atoms with E-state index < -0.39 is 12.3 Å². The highest BCUT2D eigenvalue weighted by atomic mass is 19.1. The molecule has 0 amide bonds. The Balaban J connectivity index is 1.30. The number of piperidine rings is 1. The third kappa shape index (κ3) is 3.75. The van der Waals surface area contributed by atoms with Crippen molar-refractivity contribution >= 4 is 0 Å². The molecule has 2 saturated heterocycles. The summed E-state index contributed by atoms with van der Waals surface area (Å²) in [5.41, 5.74) is 2.67. The van der Waals surface area contributed by atoms with Crippen LogP contribution < -0.4 is 10.1 Å². The molecule has 31 heavy (non-hydrogen) atoms. The number of fused-ring (bicyclic) bond motifs is 2. The molecule has 5 rings (SSSR count). The zero-order chi connectivity index (χ0) is 21.5. The largest absolute Gasteiger partial charge is 0.507 e. The van der Waals surface area contributed by atoms with Crippen LogP contribution in [-0.2, 0) is 4.74 Å². The van der Waals surface area contributed by atoms with Crippen LogP contribution in [0.15, 0.2) is 42.6 Å². The molecule has 2 aliphatic heterocycles. The van der Waals surface area contributed by atoms with Crippen LogP contribution in [0.2, 0.25) is 0 Å². The van der Waals surface area contributed by atoms with Gasteiger partial charge in [-0.3, -0.25) is 0 Å². The molecule has 5 atom stereocenters. The molecule has 3 aromatic rings. The first-order chi connectivity index (χ1) is 15.0. The van der Waals surface area contributed by atoms with Crippen molar-refractivity contribution in [3.05, 3.63) is 48.3 Å². The second-order valence-corrected chi connectivity index (χ2v) is 8.10. The number of alkyl halides is 1. The van der Waals surface area contributed by atoms with E-state index in [1.54, 1.807) is 36.1 Å². The number of halogens is 1. The van der Waals surface area contributed by atoms with E-state index in [2.05, 4.69) is 20.6 Å². The lowest BCUT2D eigenvalue weighted by Crippen LogP contribution is -2.54. The minimum atomic E-state index is -1.19. The lowest BCUT2D eigenvalue weighted by molar-refractivity contribution is 0.00785. The van der Waals surface area contributed by atoms with E-state index >= 15 is 0 Å². The van der Waals surface area contributed by atoms with Crippen LogP contribution >= 0.6 is 0 Å². The van der Waals surface area contributed by atoms with Crippen LogP contribution in [-0.4, -0.2) is 62.7 Å². The molecule has 0 aliphatic carbocycles. The van der Waals surface area contributed by atoms with Crippen molar-refractivity contribution in [1.82, 2.24) is 25.3 Å². The Labute approximate surface area is 179 Å². The number of hydrogen-bond acceptors (Lipinski definition) is 7. The average Bonchev–Trinajstić information content (AvgIpc) is 3.36. The Morgan fingerprint density at radius 2 is 1.97 bits per heavy atom. The van der Waals surface area contributed by atoms with E-state index in [1.165, 1.54) is 0 Å². The van der Waals surface area contributed by atoms with E-state index in [9.17, 15) is 9.50 Å². The van der Waals surface area contributed by atoms with Gasteiger partial charge in [0.15, 0.2) is 6.17 Å². The number of hydrogen-bond donors (Lipinski definition) is 2. The number of nitrogens with zero attached hydrogens (tertiary/aromatic N) is 4. The third-order valence-corrected chi connectivity index (χ3v) is 6.02. The molecule has 1 aromatic carbocycles. The summed E-state index contributed by atoms with van der Waals surface area (Å²) in [6.07, 6.45) is 1.23. The molecule has 2 fully saturated rings. The van der Waals surface area contributed by atoms with Gasteiger partial charge in [0.2, 0.25) is 5.88 Å². The van der Waals surface area contributed by atoms with Crippen molar-refractivity contribution < 1.29 is 19.0 Å². The number of aryl methyl sites for hydroxylation is 1. The molecule has 4 heterocycles. The van der Waals surface area contributed by atoms with Gasteiger partial charge in [0.05, 0.1) is 29.2 Å². The van der Waals surface area contributed by atoms with Gasteiger partial charge in [-0.2, -0.15) is 5.10 Å². The molecular formula is C22H24FN5O3. The lowest BCUT2D eigenvalue weighted by Gasteiger charge is -2.33. The van der Waals surface area contributed by atoms with Gasteiger partial charge in [-0.15, -0.1) is 10.2 Å². The summed E-state index contributed by atoms with van der Waals surface area (Å²) in [6, 6.07) is 10.3. The summed E-state index contributed by atoms with van der Waals surface area (Å²) in [6.45, 7) is 1.90. The van der Waals surface area contributed by atoms with Crippen LogP contribution in [0.3, 0.4) is 0 Å². The topological polar surface area (TPSA) is 94.3 Å². The van der Waals surface area contributed by atoms with Gasteiger partial charge in [0, 0.05) is 43.5 Å². The number of benzene rings is 1. The smallest absolute Gasteiger partial charge is 0.233 e. The molecular weight excluding hydrogens is 401 g/mol. The van der Waals surface area contributed by atoms with Gasteiger partial charge >= 0.3 is 0 Å². The zero-order valence-corrected chi connectivity index (χ0v) is 17.3. The average molecular weight is 425 g/mol. The highest BCUT2D eigenvalue weighted by molar-refractivity contribution is 5.68. The molecule has 9 heteroatoms. The number of phenolic OH excluding ortho intramolecular Hbond substituents is 1. The van der Waals surface area contributed by atoms with Crippen molar-refractivity contribution in [2.24, 2.45) is 0 Å². The Bertz CT molecular complexity index is 1070. The van der Waals surface area contributed by atoms with E-state index in [1.807, 2.05) is 25.3 Å². The van der Waals surface area contributed by atoms with Crippen molar-refractivity contribution in [2.45, 2.75) is 50.2 Å². The van der Waals surface area contributed by atoms with E-state index in [0.29, 0.717) is 17.7 Å². The van der Waals surface area contributed by atoms with Gasteiger partial charge in [-0.25, -0.2) is 9.07 Å². The number of rotatable bonds is 5. The SMILES string of the molecule is COC1CC2CC(Oc3ccc(-c4ccc(-n5ccc(C)n5)cc4O)nn3)C(F)C1N2. The van der Waals surface area contributed by atoms with Gasteiger partial charge in [0.1, 0.15) is 11.9 Å². The summed E-state index contributed by atoms with van der Waals surface area (Å²) < 4.78 is 27.8. The second kappa shape index (κ2) is 7.90. The maximum atomic E-state index is 14.9. The summed E-state index contributed by atoms with van der Waals surface area (Å²) in [4.78, 5) is 0. The predicted molar refractivity (Wildman–Crippen MR) is 111 cm³/mol. The molecule has 162 valence electrons.